The third-order valence-corrected chi connectivity index (χ3v) is 5.75. The van der Waals surface area contributed by atoms with Crippen LogP contribution in [0, 0.1) is 5.41 Å². The molecule has 0 N–H and O–H groups in total. The van der Waals surface area contributed by atoms with E-state index in [0.29, 0.717) is 21.4 Å². The van der Waals surface area contributed by atoms with Gasteiger partial charge in [0.15, 0.2) is 5.78 Å². The Hall–Kier alpha value is -0.520. The number of hydrogen-bond acceptors (Lipinski definition) is 5. The highest BCUT2D eigenvalue weighted by atomic mass is 35.5. The number of thiophene rings is 1. The maximum atomic E-state index is 11.9. The van der Waals surface area contributed by atoms with Crippen LogP contribution < -0.4 is 0 Å². The number of Topliss-reactive ketones (excluding diaryl/α,β-unsaturated/α-hetero) is 1. The topological polar surface area (TPSA) is 43.4 Å². The molecule has 1 heterocycles. The van der Waals surface area contributed by atoms with Crippen molar-refractivity contribution in [2.75, 3.05) is 18.6 Å². The number of thioether (sulfide) groups is 1. The summed E-state index contributed by atoms with van der Waals surface area (Å²) >= 11 is 8.71. The van der Waals surface area contributed by atoms with Gasteiger partial charge in [0.2, 0.25) is 0 Å². The lowest BCUT2D eigenvalue weighted by Gasteiger charge is -2.12. The maximum Gasteiger partial charge on any atom is 0.306 e. The number of hydrogen-bond donors (Lipinski definition) is 0. The van der Waals surface area contributed by atoms with Gasteiger partial charge in [-0.1, -0.05) is 11.6 Å². The van der Waals surface area contributed by atoms with E-state index >= 15 is 0 Å². The van der Waals surface area contributed by atoms with Gasteiger partial charge in [0, 0.05) is 0 Å². The summed E-state index contributed by atoms with van der Waals surface area (Å²) in [5.74, 6) is 1.23. The molecule has 0 saturated heterocycles. The maximum absolute atomic E-state index is 11.9. The highest BCUT2D eigenvalue weighted by molar-refractivity contribution is 8.00. The Morgan fingerprint density at radius 1 is 1.47 bits per heavy atom. The number of carbonyl (C=O) groups is 2. The fourth-order valence-electron chi connectivity index (χ4n) is 1.82. The number of methoxy groups -OCH3 is 1. The lowest BCUT2D eigenvalue weighted by molar-refractivity contribution is -0.141. The fraction of sp³-hybridized carbons (Fsp3) is 0.538. The Morgan fingerprint density at radius 2 is 2.21 bits per heavy atom. The van der Waals surface area contributed by atoms with Gasteiger partial charge in [-0.2, -0.15) is 11.8 Å². The minimum Gasteiger partial charge on any atom is -0.469 e. The van der Waals surface area contributed by atoms with Gasteiger partial charge >= 0.3 is 5.97 Å². The molecule has 0 aliphatic heterocycles. The van der Waals surface area contributed by atoms with Gasteiger partial charge in [0.05, 0.1) is 28.5 Å². The number of halogens is 1. The molecule has 0 unspecified atom stereocenters. The Bertz CT molecular complexity index is 480. The zero-order chi connectivity index (χ0) is 13.9. The zero-order valence-corrected chi connectivity index (χ0v) is 13.0. The molecule has 6 heteroatoms. The van der Waals surface area contributed by atoms with E-state index in [1.54, 1.807) is 23.9 Å². The quantitative estimate of drug-likeness (QED) is 0.568. The Labute approximate surface area is 125 Å². The minimum atomic E-state index is -0.158. The van der Waals surface area contributed by atoms with Crippen LogP contribution in [0.2, 0.25) is 4.34 Å². The molecule has 1 aliphatic carbocycles. The lowest BCUT2D eigenvalue weighted by Crippen LogP contribution is -2.14. The molecule has 19 heavy (non-hydrogen) atoms. The highest BCUT2D eigenvalue weighted by Gasteiger charge is 2.44. The molecule has 104 valence electrons. The summed E-state index contributed by atoms with van der Waals surface area (Å²) < 4.78 is 5.33. The molecule has 1 aromatic rings. The van der Waals surface area contributed by atoms with E-state index in [2.05, 4.69) is 0 Å². The van der Waals surface area contributed by atoms with Gasteiger partial charge in [-0.05, 0) is 36.1 Å². The van der Waals surface area contributed by atoms with Gasteiger partial charge < -0.3 is 4.74 Å². The molecular formula is C13H15ClO3S2. The van der Waals surface area contributed by atoms with Crippen molar-refractivity contribution in [1.82, 2.24) is 0 Å². The molecule has 1 aromatic heterocycles. The smallest absolute Gasteiger partial charge is 0.306 e. The minimum absolute atomic E-state index is 0.0745. The van der Waals surface area contributed by atoms with Crippen LogP contribution in [0.4, 0.5) is 0 Å². The van der Waals surface area contributed by atoms with Crippen LogP contribution in [0.5, 0.6) is 0 Å². The summed E-state index contributed by atoms with van der Waals surface area (Å²) in [7, 11) is 1.41. The number of carbonyl (C=O) groups excluding carboxylic acids is 2. The van der Waals surface area contributed by atoms with Crippen LogP contribution in [0.25, 0.3) is 0 Å². The van der Waals surface area contributed by atoms with Crippen molar-refractivity contribution in [3.8, 4) is 0 Å². The van der Waals surface area contributed by atoms with Crippen LogP contribution in [-0.4, -0.2) is 30.4 Å². The van der Waals surface area contributed by atoms with E-state index < -0.39 is 0 Å². The number of rotatable bonds is 7. The molecule has 0 radical (unpaired) electrons. The SMILES string of the molecule is COC(=O)CC1(CSCC(=O)c2ccc(Cl)s2)CC1. The van der Waals surface area contributed by atoms with Crippen molar-refractivity contribution < 1.29 is 14.3 Å². The lowest BCUT2D eigenvalue weighted by atomic mass is 10.1. The summed E-state index contributed by atoms with van der Waals surface area (Å²) in [4.78, 5) is 23.9. The third kappa shape index (κ3) is 4.23. The van der Waals surface area contributed by atoms with Crippen molar-refractivity contribution in [1.29, 1.82) is 0 Å². The van der Waals surface area contributed by atoms with Gasteiger partial charge in [-0.3, -0.25) is 9.59 Å². The number of esters is 1. The predicted octanol–water partition coefficient (Wildman–Crippen LogP) is 3.66. The van der Waals surface area contributed by atoms with Gasteiger partial charge in [0.1, 0.15) is 0 Å². The van der Waals surface area contributed by atoms with E-state index in [1.165, 1.54) is 18.4 Å². The first-order chi connectivity index (χ1) is 9.04. The van der Waals surface area contributed by atoms with Gasteiger partial charge in [-0.15, -0.1) is 11.3 Å². The number of ether oxygens (including phenoxy) is 1. The van der Waals surface area contributed by atoms with Crippen LogP contribution in [0.3, 0.4) is 0 Å². The molecule has 2 rings (SSSR count). The van der Waals surface area contributed by atoms with Crippen molar-refractivity contribution in [3.05, 3.63) is 21.3 Å². The van der Waals surface area contributed by atoms with Crippen molar-refractivity contribution in [2.24, 2.45) is 5.41 Å². The first-order valence-corrected chi connectivity index (χ1v) is 8.33. The van der Waals surface area contributed by atoms with Crippen molar-refractivity contribution in [2.45, 2.75) is 19.3 Å². The first kappa shape index (κ1) is 14.9. The average Bonchev–Trinajstić information content (AvgIpc) is 2.99. The average molecular weight is 319 g/mol. The fourth-order valence-corrected chi connectivity index (χ4v) is 4.16. The second kappa shape index (κ2) is 6.29. The van der Waals surface area contributed by atoms with Crippen LogP contribution >= 0.6 is 34.7 Å². The normalized spacial score (nSPS) is 16.1. The standard InChI is InChI=1S/C13H15ClO3S2/c1-17-12(16)6-13(4-5-13)8-18-7-9(15)10-2-3-11(14)19-10/h2-3H,4-8H2,1H3. The summed E-state index contributed by atoms with van der Waals surface area (Å²) in [5.41, 5.74) is 0.0745. The van der Waals surface area contributed by atoms with Crippen molar-refractivity contribution >= 4 is 46.5 Å². The molecule has 1 fully saturated rings. The molecule has 0 amide bonds. The van der Waals surface area contributed by atoms with E-state index in [1.807, 2.05) is 0 Å². The molecule has 0 atom stereocenters. The molecular weight excluding hydrogens is 304 g/mol. The van der Waals surface area contributed by atoms with E-state index in [9.17, 15) is 9.59 Å². The predicted molar refractivity (Wildman–Crippen MR) is 79.3 cm³/mol. The van der Waals surface area contributed by atoms with Gasteiger partial charge in [0.25, 0.3) is 0 Å². The number of ketones is 1. The largest absolute Gasteiger partial charge is 0.469 e. The molecule has 0 aromatic carbocycles. The van der Waals surface area contributed by atoms with Crippen LogP contribution in [0.15, 0.2) is 12.1 Å². The summed E-state index contributed by atoms with van der Waals surface area (Å²) in [6.45, 7) is 0. The second-order valence-electron chi connectivity index (χ2n) is 4.77. The molecule has 1 aliphatic rings. The van der Waals surface area contributed by atoms with E-state index in [0.717, 1.165) is 18.6 Å². The van der Waals surface area contributed by atoms with Crippen molar-refractivity contribution in [3.63, 3.8) is 0 Å². The Balaban J connectivity index is 1.75. The summed E-state index contributed by atoms with van der Waals surface area (Å²) in [6.07, 6.45) is 2.57. The zero-order valence-electron chi connectivity index (χ0n) is 10.6. The Morgan fingerprint density at radius 3 is 2.74 bits per heavy atom. The summed E-state index contributed by atoms with van der Waals surface area (Å²) in [5, 5.41) is 0. The van der Waals surface area contributed by atoms with Gasteiger partial charge in [-0.25, -0.2) is 0 Å². The monoisotopic (exact) mass is 318 g/mol. The van der Waals surface area contributed by atoms with Crippen LogP contribution in [0.1, 0.15) is 28.9 Å². The third-order valence-electron chi connectivity index (χ3n) is 3.19. The molecule has 1 saturated carbocycles. The first-order valence-electron chi connectivity index (χ1n) is 5.98. The molecule has 0 spiro atoms. The van der Waals surface area contributed by atoms with E-state index in [4.69, 9.17) is 16.3 Å². The van der Waals surface area contributed by atoms with E-state index in [-0.39, 0.29) is 17.2 Å². The second-order valence-corrected chi connectivity index (χ2v) is 7.47. The molecule has 0 bridgehead atoms. The molecule has 3 nitrogen and oxygen atoms in total. The Kier molecular flexibility index (Phi) is 4.92. The highest BCUT2D eigenvalue weighted by Crippen LogP contribution is 2.51. The summed E-state index contributed by atoms with van der Waals surface area (Å²) in [6, 6.07) is 3.50. The van der Waals surface area contributed by atoms with Crippen LogP contribution in [-0.2, 0) is 9.53 Å².